The predicted octanol–water partition coefficient (Wildman–Crippen LogP) is -0.635. The third-order valence-corrected chi connectivity index (χ3v) is 2.83. The van der Waals surface area contributed by atoms with Crippen LogP contribution in [0.1, 0.15) is 6.42 Å². The summed E-state index contributed by atoms with van der Waals surface area (Å²) >= 11 is 0. The second kappa shape index (κ2) is 3.03. The van der Waals surface area contributed by atoms with Crippen LogP contribution in [0.2, 0.25) is 0 Å². The van der Waals surface area contributed by atoms with Crippen LogP contribution in [0.5, 0.6) is 0 Å². The van der Waals surface area contributed by atoms with Gasteiger partial charge in [-0.15, -0.1) is 0 Å². The van der Waals surface area contributed by atoms with Crippen molar-refractivity contribution in [3.8, 4) is 0 Å². The van der Waals surface area contributed by atoms with E-state index in [-0.39, 0.29) is 5.92 Å². The maximum absolute atomic E-state index is 10.7. The van der Waals surface area contributed by atoms with Crippen molar-refractivity contribution < 1.29 is 9.90 Å². The van der Waals surface area contributed by atoms with Gasteiger partial charge in [0, 0.05) is 32.2 Å². The number of fused-ring (bicyclic) bond motifs is 1. The molecule has 2 aliphatic heterocycles. The van der Waals surface area contributed by atoms with E-state index in [1.54, 1.807) is 0 Å². The molecule has 4 nitrogen and oxygen atoms in total. The number of aliphatic carboxylic acids is 1. The summed E-state index contributed by atoms with van der Waals surface area (Å²) in [5, 5.41) is 12.1. The van der Waals surface area contributed by atoms with Crippen molar-refractivity contribution in [1.29, 1.82) is 0 Å². The highest BCUT2D eigenvalue weighted by Gasteiger charge is 2.36. The van der Waals surface area contributed by atoms with Gasteiger partial charge in [0.2, 0.25) is 0 Å². The standard InChI is InChI=1S/C8H14N2O2/c11-8(12)6-3-7-4-9-1-2-10(7)5-6/h6-7,9H,1-5H2,(H,11,12)/t6-,7+/m1/s1. The summed E-state index contributed by atoms with van der Waals surface area (Å²) in [6, 6.07) is 0.472. The lowest BCUT2D eigenvalue weighted by atomic mass is 10.1. The number of hydrogen-bond acceptors (Lipinski definition) is 3. The zero-order valence-electron chi connectivity index (χ0n) is 6.99. The minimum atomic E-state index is -0.635. The first kappa shape index (κ1) is 8.01. The highest BCUT2D eigenvalue weighted by Crippen LogP contribution is 2.23. The Balaban J connectivity index is 1.98. The first-order valence-electron chi connectivity index (χ1n) is 4.45. The van der Waals surface area contributed by atoms with E-state index in [2.05, 4.69) is 10.2 Å². The fourth-order valence-corrected chi connectivity index (χ4v) is 2.14. The molecule has 2 N–H and O–H groups in total. The Morgan fingerprint density at radius 3 is 3.08 bits per heavy atom. The molecule has 4 heteroatoms. The maximum atomic E-state index is 10.7. The molecule has 0 aromatic rings. The number of nitrogens with zero attached hydrogens (tertiary/aromatic N) is 1. The maximum Gasteiger partial charge on any atom is 0.307 e. The van der Waals surface area contributed by atoms with E-state index in [1.165, 1.54) is 0 Å². The Labute approximate surface area is 71.5 Å². The second-order valence-corrected chi connectivity index (χ2v) is 3.62. The first-order valence-corrected chi connectivity index (χ1v) is 4.45. The smallest absolute Gasteiger partial charge is 0.307 e. The fourth-order valence-electron chi connectivity index (χ4n) is 2.14. The molecule has 0 bridgehead atoms. The number of piperazine rings is 1. The lowest BCUT2D eigenvalue weighted by Gasteiger charge is -2.29. The molecule has 0 spiro atoms. The fraction of sp³-hybridized carbons (Fsp3) is 0.875. The molecule has 0 aliphatic carbocycles. The lowest BCUT2D eigenvalue weighted by Crippen LogP contribution is -2.47. The molecule has 0 aromatic carbocycles. The summed E-state index contributed by atoms with van der Waals surface area (Å²) in [7, 11) is 0. The molecule has 2 atom stereocenters. The van der Waals surface area contributed by atoms with Crippen molar-refractivity contribution in [2.24, 2.45) is 5.92 Å². The van der Waals surface area contributed by atoms with Gasteiger partial charge in [-0.2, -0.15) is 0 Å². The summed E-state index contributed by atoms with van der Waals surface area (Å²) in [6.45, 7) is 3.72. The third kappa shape index (κ3) is 1.32. The van der Waals surface area contributed by atoms with Crippen molar-refractivity contribution in [3.05, 3.63) is 0 Å². The number of hydrogen-bond donors (Lipinski definition) is 2. The molecule has 0 amide bonds. The molecular formula is C8H14N2O2. The molecule has 2 aliphatic rings. The number of carboxylic acid groups (broad SMARTS) is 1. The monoisotopic (exact) mass is 170 g/mol. The molecule has 0 saturated carbocycles. The van der Waals surface area contributed by atoms with Gasteiger partial charge in [-0.3, -0.25) is 9.69 Å². The van der Waals surface area contributed by atoms with E-state index in [1.807, 2.05) is 0 Å². The van der Waals surface area contributed by atoms with Crippen LogP contribution in [-0.4, -0.2) is 48.2 Å². The van der Waals surface area contributed by atoms with Crippen molar-refractivity contribution in [2.75, 3.05) is 26.2 Å². The number of rotatable bonds is 1. The minimum Gasteiger partial charge on any atom is -0.481 e. The van der Waals surface area contributed by atoms with Crippen LogP contribution in [0, 0.1) is 5.92 Å². The van der Waals surface area contributed by atoms with Crippen molar-refractivity contribution in [3.63, 3.8) is 0 Å². The molecule has 0 radical (unpaired) electrons. The van der Waals surface area contributed by atoms with E-state index in [9.17, 15) is 4.79 Å². The van der Waals surface area contributed by atoms with E-state index >= 15 is 0 Å². The van der Waals surface area contributed by atoms with Gasteiger partial charge in [0.05, 0.1) is 5.92 Å². The minimum absolute atomic E-state index is 0.130. The second-order valence-electron chi connectivity index (χ2n) is 3.62. The van der Waals surface area contributed by atoms with Gasteiger partial charge in [-0.1, -0.05) is 0 Å². The van der Waals surface area contributed by atoms with Crippen LogP contribution in [0.15, 0.2) is 0 Å². The van der Waals surface area contributed by atoms with Crippen LogP contribution in [0.3, 0.4) is 0 Å². The van der Waals surface area contributed by atoms with E-state index in [0.29, 0.717) is 6.04 Å². The quantitative estimate of drug-likeness (QED) is 0.550. The Hall–Kier alpha value is -0.610. The Bertz CT molecular complexity index is 181. The zero-order chi connectivity index (χ0) is 8.55. The van der Waals surface area contributed by atoms with Gasteiger partial charge in [-0.05, 0) is 6.42 Å². The summed E-state index contributed by atoms with van der Waals surface area (Å²) in [5.74, 6) is -0.765. The summed E-state index contributed by atoms with van der Waals surface area (Å²) in [5.41, 5.74) is 0. The number of carbonyl (C=O) groups is 1. The van der Waals surface area contributed by atoms with Crippen molar-refractivity contribution in [1.82, 2.24) is 10.2 Å². The Morgan fingerprint density at radius 2 is 2.42 bits per heavy atom. The predicted molar refractivity (Wildman–Crippen MR) is 44.0 cm³/mol. The molecular weight excluding hydrogens is 156 g/mol. The van der Waals surface area contributed by atoms with Gasteiger partial charge in [0.1, 0.15) is 0 Å². The van der Waals surface area contributed by atoms with Crippen LogP contribution < -0.4 is 5.32 Å². The van der Waals surface area contributed by atoms with Crippen molar-refractivity contribution >= 4 is 5.97 Å². The van der Waals surface area contributed by atoms with Crippen LogP contribution >= 0.6 is 0 Å². The van der Waals surface area contributed by atoms with Crippen molar-refractivity contribution in [2.45, 2.75) is 12.5 Å². The average molecular weight is 170 g/mol. The van der Waals surface area contributed by atoms with Gasteiger partial charge >= 0.3 is 5.97 Å². The van der Waals surface area contributed by atoms with E-state index in [0.717, 1.165) is 32.6 Å². The topological polar surface area (TPSA) is 52.6 Å². The van der Waals surface area contributed by atoms with Gasteiger partial charge in [0.15, 0.2) is 0 Å². The molecule has 68 valence electrons. The highest BCUT2D eigenvalue weighted by atomic mass is 16.4. The normalized spacial score (nSPS) is 36.3. The average Bonchev–Trinajstić information content (AvgIpc) is 2.46. The van der Waals surface area contributed by atoms with Crippen LogP contribution in [0.4, 0.5) is 0 Å². The number of carboxylic acids is 1. The van der Waals surface area contributed by atoms with Crippen LogP contribution in [0.25, 0.3) is 0 Å². The molecule has 2 fully saturated rings. The molecule has 12 heavy (non-hydrogen) atoms. The summed E-state index contributed by atoms with van der Waals surface area (Å²) < 4.78 is 0. The molecule has 0 aromatic heterocycles. The summed E-state index contributed by atoms with van der Waals surface area (Å²) in [4.78, 5) is 13.0. The van der Waals surface area contributed by atoms with Gasteiger partial charge < -0.3 is 10.4 Å². The summed E-state index contributed by atoms with van der Waals surface area (Å²) in [6.07, 6.45) is 0.822. The molecule has 2 heterocycles. The van der Waals surface area contributed by atoms with E-state index in [4.69, 9.17) is 5.11 Å². The number of nitrogens with one attached hydrogen (secondary N) is 1. The van der Waals surface area contributed by atoms with E-state index < -0.39 is 5.97 Å². The molecule has 2 rings (SSSR count). The molecule has 0 unspecified atom stereocenters. The zero-order valence-corrected chi connectivity index (χ0v) is 6.99. The lowest BCUT2D eigenvalue weighted by molar-refractivity contribution is -0.141. The first-order chi connectivity index (χ1) is 5.77. The SMILES string of the molecule is O=C(O)[C@@H]1C[C@H]2CNCCN2C1. The highest BCUT2D eigenvalue weighted by molar-refractivity contribution is 5.70. The van der Waals surface area contributed by atoms with Gasteiger partial charge in [-0.25, -0.2) is 0 Å². The molecule has 2 saturated heterocycles. The Morgan fingerprint density at radius 1 is 1.58 bits per heavy atom. The van der Waals surface area contributed by atoms with Crippen LogP contribution in [-0.2, 0) is 4.79 Å². The Kier molecular flexibility index (Phi) is 2.02. The van der Waals surface area contributed by atoms with Gasteiger partial charge in [0.25, 0.3) is 0 Å². The third-order valence-electron chi connectivity index (χ3n) is 2.83. The largest absolute Gasteiger partial charge is 0.481 e.